The number of amides is 1. The van der Waals surface area contributed by atoms with Crippen LogP contribution in [-0.2, 0) is 14.8 Å². The second-order valence-electron chi connectivity index (χ2n) is 6.37. The molecule has 0 saturated carbocycles. The van der Waals surface area contributed by atoms with Crippen molar-refractivity contribution >= 4 is 39.1 Å². The first-order valence-corrected chi connectivity index (χ1v) is 11.4. The number of hydrogen-bond donors (Lipinski definition) is 2. The number of rotatable bonds is 8. The molecule has 0 fully saturated rings. The van der Waals surface area contributed by atoms with E-state index in [0.717, 1.165) is 0 Å². The van der Waals surface area contributed by atoms with Crippen LogP contribution in [0, 0.1) is 0 Å². The van der Waals surface area contributed by atoms with E-state index in [-0.39, 0.29) is 34.4 Å². The molecule has 0 spiro atoms. The van der Waals surface area contributed by atoms with Crippen LogP contribution in [-0.4, -0.2) is 28.2 Å². The Bertz CT molecular complexity index is 1200. The van der Waals surface area contributed by atoms with E-state index in [0.29, 0.717) is 10.8 Å². The monoisotopic (exact) mass is 476 g/mol. The van der Waals surface area contributed by atoms with Gasteiger partial charge in [0.05, 0.1) is 30.0 Å². The molecule has 0 aromatic heterocycles. The summed E-state index contributed by atoms with van der Waals surface area (Å²) in [4.78, 5) is 11.7. The topological polar surface area (TPSA) is 103 Å². The molecule has 0 atom stereocenters. The number of sulfonamides is 1. The number of nitrogens with one attached hydrogen (secondary N) is 2. The van der Waals surface area contributed by atoms with E-state index in [9.17, 15) is 13.2 Å². The number of halogens is 1. The van der Waals surface area contributed by atoms with Gasteiger partial charge in [-0.15, -0.1) is 0 Å². The molecule has 1 amide bonds. The molecule has 0 heterocycles. The largest absolute Gasteiger partial charge is 0.495 e. The highest BCUT2D eigenvalue weighted by Crippen LogP contribution is 2.34. The van der Waals surface area contributed by atoms with E-state index in [2.05, 4.69) is 10.0 Å². The Morgan fingerprint density at radius 2 is 1.69 bits per heavy atom. The summed E-state index contributed by atoms with van der Waals surface area (Å²) >= 11 is 6.08. The molecule has 0 saturated heterocycles. The van der Waals surface area contributed by atoms with E-state index in [1.54, 1.807) is 43.3 Å². The molecule has 32 heavy (non-hydrogen) atoms. The Morgan fingerprint density at radius 3 is 2.38 bits per heavy atom. The first kappa shape index (κ1) is 23.2. The molecule has 0 radical (unpaired) electrons. The van der Waals surface area contributed by atoms with Crippen LogP contribution in [0.15, 0.2) is 71.6 Å². The first-order chi connectivity index (χ1) is 15.3. The smallest absolute Gasteiger partial charge is 0.411 e. The van der Waals surface area contributed by atoms with E-state index >= 15 is 0 Å². The van der Waals surface area contributed by atoms with Gasteiger partial charge in [0.15, 0.2) is 5.75 Å². The molecule has 3 aromatic rings. The molecule has 0 unspecified atom stereocenters. The van der Waals surface area contributed by atoms with E-state index in [1.807, 2.05) is 6.07 Å². The SMILES string of the molecule is CCOC(=O)Nc1cc(S(=O)(=O)Nc2cc(Cl)ccc2Oc2ccccc2)ccc1OC. The molecule has 0 aliphatic heterocycles. The molecule has 3 rings (SSSR count). The molecule has 0 aliphatic carbocycles. The van der Waals surface area contributed by atoms with Crippen LogP contribution in [0.5, 0.6) is 17.2 Å². The Morgan fingerprint density at radius 1 is 0.969 bits per heavy atom. The third kappa shape index (κ3) is 5.83. The standard InChI is InChI=1S/C22H21ClN2O6S/c1-3-30-22(26)24-18-14-17(10-12-20(18)29-2)32(27,28)25-19-13-15(23)9-11-21(19)31-16-7-5-4-6-8-16/h4-14,25H,3H2,1-2H3,(H,24,26). The van der Waals surface area contributed by atoms with Gasteiger partial charge in [-0.1, -0.05) is 29.8 Å². The van der Waals surface area contributed by atoms with Crippen molar-refractivity contribution < 1.29 is 27.4 Å². The molecule has 0 bridgehead atoms. The molecule has 10 heteroatoms. The minimum atomic E-state index is -4.08. The highest BCUT2D eigenvalue weighted by atomic mass is 35.5. The fourth-order valence-corrected chi connectivity index (χ4v) is 3.98. The zero-order valence-corrected chi connectivity index (χ0v) is 18.9. The fraction of sp³-hybridized carbons (Fsp3) is 0.136. The van der Waals surface area contributed by atoms with Gasteiger partial charge >= 0.3 is 6.09 Å². The van der Waals surface area contributed by atoms with Gasteiger partial charge in [-0.2, -0.15) is 0 Å². The summed E-state index contributed by atoms with van der Waals surface area (Å²) in [6, 6.07) is 17.5. The summed E-state index contributed by atoms with van der Waals surface area (Å²) in [5.74, 6) is 1.07. The van der Waals surface area contributed by atoms with Crippen molar-refractivity contribution in [3.63, 3.8) is 0 Å². The Labute approximate surface area is 191 Å². The lowest BCUT2D eigenvalue weighted by Gasteiger charge is -2.15. The molecule has 0 aliphatic rings. The van der Waals surface area contributed by atoms with Gasteiger partial charge in [0.2, 0.25) is 0 Å². The number of methoxy groups -OCH3 is 1. The van der Waals surface area contributed by atoms with Gasteiger partial charge in [0.1, 0.15) is 11.5 Å². The zero-order valence-electron chi connectivity index (χ0n) is 17.3. The number of ether oxygens (including phenoxy) is 3. The molecule has 8 nitrogen and oxygen atoms in total. The van der Waals surface area contributed by atoms with Crippen LogP contribution >= 0.6 is 11.6 Å². The highest BCUT2D eigenvalue weighted by molar-refractivity contribution is 7.92. The van der Waals surface area contributed by atoms with Crippen molar-refractivity contribution in [3.8, 4) is 17.2 Å². The summed E-state index contributed by atoms with van der Waals surface area (Å²) in [5, 5.41) is 2.79. The number of carbonyl (C=O) groups excluding carboxylic acids is 1. The maximum atomic E-state index is 13.1. The van der Waals surface area contributed by atoms with E-state index < -0.39 is 16.1 Å². The Hall–Kier alpha value is -3.43. The maximum Gasteiger partial charge on any atom is 0.411 e. The fourth-order valence-electron chi connectivity index (χ4n) is 2.72. The summed E-state index contributed by atoms with van der Waals surface area (Å²) in [5.41, 5.74) is 0.290. The van der Waals surface area contributed by atoms with Crippen LogP contribution in [0.2, 0.25) is 5.02 Å². The van der Waals surface area contributed by atoms with Gasteiger partial charge < -0.3 is 14.2 Å². The van der Waals surface area contributed by atoms with Gasteiger partial charge in [0, 0.05) is 5.02 Å². The average molecular weight is 477 g/mol. The molecular formula is C22H21ClN2O6S. The van der Waals surface area contributed by atoms with E-state index in [1.165, 1.54) is 31.4 Å². The van der Waals surface area contributed by atoms with Crippen molar-refractivity contribution in [1.82, 2.24) is 0 Å². The predicted molar refractivity (Wildman–Crippen MR) is 122 cm³/mol. The quantitative estimate of drug-likeness (QED) is 0.444. The number of hydrogen-bond acceptors (Lipinski definition) is 6. The van der Waals surface area contributed by atoms with Gasteiger partial charge in [-0.05, 0) is 55.5 Å². The Balaban J connectivity index is 1.92. The highest BCUT2D eigenvalue weighted by Gasteiger charge is 2.20. The minimum absolute atomic E-state index is 0.115. The van der Waals surface area contributed by atoms with Crippen LogP contribution < -0.4 is 19.5 Å². The lowest BCUT2D eigenvalue weighted by Crippen LogP contribution is -2.16. The van der Waals surface area contributed by atoms with Crippen LogP contribution in [0.25, 0.3) is 0 Å². The summed E-state index contributed by atoms with van der Waals surface area (Å²) in [7, 11) is -2.68. The predicted octanol–water partition coefficient (Wildman–Crippen LogP) is 5.51. The number of carbonyl (C=O) groups is 1. The minimum Gasteiger partial charge on any atom is -0.495 e. The summed E-state index contributed by atoms with van der Waals surface area (Å²) in [6.07, 6.45) is -0.735. The first-order valence-electron chi connectivity index (χ1n) is 9.49. The second kappa shape index (κ2) is 10.3. The average Bonchev–Trinajstić information content (AvgIpc) is 2.76. The second-order valence-corrected chi connectivity index (χ2v) is 8.49. The summed E-state index contributed by atoms with van der Waals surface area (Å²) in [6.45, 7) is 1.81. The normalized spacial score (nSPS) is 10.8. The molecule has 168 valence electrons. The maximum absolute atomic E-state index is 13.1. The molecule has 3 aromatic carbocycles. The lowest BCUT2D eigenvalue weighted by molar-refractivity contribution is 0.168. The van der Waals surface area contributed by atoms with Crippen molar-refractivity contribution in [3.05, 3.63) is 71.8 Å². The number of anilines is 2. The van der Waals surface area contributed by atoms with Crippen molar-refractivity contribution in [1.29, 1.82) is 0 Å². The molecule has 2 N–H and O–H groups in total. The van der Waals surface area contributed by atoms with Crippen molar-refractivity contribution in [2.75, 3.05) is 23.8 Å². The van der Waals surface area contributed by atoms with Crippen LogP contribution in [0.1, 0.15) is 6.92 Å². The van der Waals surface area contributed by atoms with Gasteiger partial charge in [0.25, 0.3) is 10.0 Å². The number of benzene rings is 3. The lowest BCUT2D eigenvalue weighted by atomic mass is 10.3. The van der Waals surface area contributed by atoms with Crippen LogP contribution in [0.3, 0.4) is 0 Å². The van der Waals surface area contributed by atoms with Crippen molar-refractivity contribution in [2.45, 2.75) is 11.8 Å². The van der Waals surface area contributed by atoms with Crippen LogP contribution in [0.4, 0.5) is 16.2 Å². The van der Waals surface area contributed by atoms with Gasteiger partial charge in [-0.25, -0.2) is 13.2 Å². The third-order valence-electron chi connectivity index (χ3n) is 4.15. The molecular weight excluding hydrogens is 456 g/mol. The summed E-state index contributed by atoms with van der Waals surface area (Å²) < 4.78 is 44.5. The van der Waals surface area contributed by atoms with Crippen molar-refractivity contribution in [2.24, 2.45) is 0 Å². The number of para-hydroxylation sites is 1. The zero-order chi connectivity index (χ0) is 23.1. The van der Waals surface area contributed by atoms with Gasteiger partial charge in [-0.3, -0.25) is 10.0 Å². The van der Waals surface area contributed by atoms with E-state index in [4.69, 9.17) is 25.8 Å². The Kier molecular flexibility index (Phi) is 7.45. The third-order valence-corrected chi connectivity index (χ3v) is 5.75.